The lowest BCUT2D eigenvalue weighted by molar-refractivity contribution is 0.282. The molecule has 3 nitrogen and oxygen atoms in total. The van der Waals surface area contributed by atoms with Gasteiger partial charge in [-0.15, -0.1) is 12.4 Å². The van der Waals surface area contributed by atoms with Crippen molar-refractivity contribution < 1.29 is 0 Å². The van der Waals surface area contributed by atoms with Gasteiger partial charge in [-0.05, 0) is 93.7 Å². The molecule has 3 saturated carbocycles. The van der Waals surface area contributed by atoms with Crippen LogP contribution >= 0.6 is 12.4 Å². The molecular weight excluding hydrogens is 438 g/mol. The summed E-state index contributed by atoms with van der Waals surface area (Å²) in [5.41, 5.74) is 9.27. The van der Waals surface area contributed by atoms with Crippen LogP contribution in [0.4, 0.5) is 0 Å². The Hall–Kier alpha value is -1.03. The van der Waals surface area contributed by atoms with Crippen LogP contribution in [0.15, 0.2) is 30.5 Å². The Morgan fingerprint density at radius 3 is 2.26 bits per heavy atom. The van der Waals surface area contributed by atoms with Gasteiger partial charge in [0, 0.05) is 35.7 Å². The highest BCUT2D eigenvalue weighted by Crippen LogP contribution is 2.42. The molecule has 4 heteroatoms. The number of nitrogens with one attached hydrogen (secondary N) is 1. The van der Waals surface area contributed by atoms with Crippen LogP contribution in [0.3, 0.4) is 0 Å². The van der Waals surface area contributed by atoms with Crippen LogP contribution in [0, 0.1) is 11.8 Å². The minimum atomic E-state index is 0. The second-order valence-corrected chi connectivity index (χ2v) is 11.6. The summed E-state index contributed by atoms with van der Waals surface area (Å²) in [4.78, 5) is 0. The molecule has 1 aromatic carbocycles. The number of nitrogens with two attached hydrogens (primary N) is 1. The van der Waals surface area contributed by atoms with Gasteiger partial charge in [-0.25, -0.2) is 0 Å². The first-order valence-corrected chi connectivity index (χ1v) is 14.3. The van der Waals surface area contributed by atoms with Crippen LogP contribution in [-0.2, 0) is 6.54 Å². The summed E-state index contributed by atoms with van der Waals surface area (Å²) >= 11 is 0. The second-order valence-electron chi connectivity index (χ2n) is 11.6. The van der Waals surface area contributed by atoms with E-state index < -0.39 is 0 Å². The Bertz CT molecular complexity index is 857. The van der Waals surface area contributed by atoms with Gasteiger partial charge in [0.25, 0.3) is 0 Å². The van der Waals surface area contributed by atoms with Crippen molar-refractivity contribution in [2.75, 3.05) is 6.54 Å². The average molecular weight is 486 g/mol. The number of halogens is 1. The maximum Gasteiger partial charge on any atom is 0.0483 e. The molecule has 1 aromatic heterocycles. The lowest BCUT2D eigenvalue weighted by Gasteiger charge is -2.32. The summed E-state index contributed by atoms with van der Waals surface area (Å²) in [6.45, 7) is 2.38. The number of benzene rings is 1. The Balaban J connectivity index is 0.00000274. The summed E-state index contributed by atoms with van der Waals surface area (Å²) in [5, 5.41) is 5.47. The van der Waals surface area contributed by atoms with Gasteiger partial charge in [-0.3, -0.25) is 0 Å². The predicted octanol–water partition coefficient (Wildman–Crippen LogP) is 7.56. The largest absolute Gasteiger partial charge is 0.347 e. The molecular formula is C30H48ClN3. The molecule has 2 aromatic rings. The first-order valence-electron chi connectivity index (χ1n) is 14.3. The SMILES string of the molecule is Cl.NC1CCC(NCCC(c2cn(CC3CCCCC3)c3ccccc23)C2CCCCC2)CC1. The van der Waals surface area contributed by atoms with Gasteiger partial charge in [0.2, 0.25) is 0 Å². The molecule has 0 aliphatic heterocycles. The summed E-state index contributed by atoms with van der Waals surface area (Å²) in [7, 11) is 0. The molecule has 5 rings (SSSR count). The number of hydrogen-bond donors (Lipinski definition) is 2. The summed E-state index contributed by atoms with van der Waals surface area (Å²) < 4.78 is 2.65. The van der Waals surface area contributed by atoms with Crippen LogP contribution in [-0.4, -0.2) is 23.2 Å². The molecule has 3 N–H and O–H groups in total. The van der Waals surface area contributed by atoms with Gasteiger partial charge in [0.05, 0.1) is 0 Å². The molecule has 0 bridgehead atoms. The number of fused-ring (bicyclic) bond motifs is 1. The van der Waals surface area contributed by atoms with E-state index >= 15 is 0 Å². The Morgan fingerprint density at radius 2 is 1.53 bits per heavy atom. The second kappa shape index (κ2) is 12.8. The number of hydrogen-bond acceptors (Lipinski definition) is 2. The molecule has 0 radical (unpaired) electrons. The standard InChI is InChI=1S/C30H47N3.ClH/c31-25-15-17-26(18-16-25)32-20-19-27(24-11-5-2-6-12-24)29-22-33(21-23-9-3-1-4-10-23)30-14-8-7-13-28(29)30;/h7-8,13-14,22-27,32H,1-6,9-12,15-21,31H2;1H. The first-order chi connectivity index (χ1) is 16.3. The van der Waals surface area contributed by atoms with E-state index in [0.29, 0.717) is 18.0 Å². The number of aromatic nitrogens is 1. The van der Waals surface area contributed by atoms with Gasteiger partial charge < -0.3 is 15.6 Å². The maximum atomic E-state index is 6.14. The smallest absolute Gasteiger partial charge is 0.0483 e. The van der Waals surface area contributed by atoms with Crippen molar-refractivity contribution in [3.8, 4) is 0 Å². The zero-order valence-corrected chi connectivity index (χ0v) is 22.0. The van der Waals surface area contributed by atoms with Crippen LogP contribution in [0.2, 0.25) is 0 Å². The average Bonchev–Trinajstić information content (AvgIpc) is 3.22. The Morgan fingerprint density at radius 1 is 0.853 bits per heavy atom. The summed E-state index contributed by atoms with van der Waals surface area (Å²) in [6.07, 6.45) is 23.1. The molecule has 0 amide bonds. The van der Waals surface area contributed by atoms with E-state index in [9.17, 15) is 0 Å². The van der Waals surface area contributed by atoms with Crippen molar-refractivity contribution in [2.45, 2.75) is 121 Å². The monoisotopic (exact) mass is 485 g/mol. The van der Waals surface area contributed by atoms with E-state index in [1.54, 1.807) is 5.56 Å². The van der Waals surface area contributed by atoms with Crippen molar-refractivity contribution >= 4 is 23.3 Å². The molecule has 0 saturated heterocycles. The fourth-order valence-corrected chi connectivity index (χ4v) is 7.32. The summed E-state index contributed by atoms with van der Waals surface area (Å²) in [5.74, 6) is 2.42. The highest BCUT2D eigenvalue weighted by molar-refractivity contribution is 5.85. The maximum absolute atomic E-state index is 6.14. The Kier molecular flexibility index (Phi) is 9.80. The third kappa shape index (κ3) is 6.39. The van der Waals surface area contributed by atoms with Crippen molar-refractivity contribution in [3.05, 3.63) is 36.0 Å². The molecule has 3 aliphatic carbocycles. The van der Waals surface area contributed by atoms with Crippen molar-refractivity contribution in [1.29, 1.82) is 0 Å². The third-order valence-corrected chi connectivity index (χ3v) is 9.28. The van der Waals surface area contributed by atoms with E-state index in [-0.39, 0.29) is 12.4 Å². The summed E-state index contributed by atoms with van der Waals surface area (Å²) in [6, 6.07) is 10.4. The quantitative estimate of drug-likeness (QED) is 0.405. The molecule has 1 heterocycles. The normalized spacial score (nSPS) is 25.8. The molecule has 190 valence electrons. The van der Waals surface area contributed by atoms with Gasteiger partial charge in [-0.1, -0.05) is 56.7 Å². The van der Waals surface area contributed by atoms with Crippen molar-refractivity contribution in [3.63, 3.8) is 0 Å². The van der Waals surface area contributed by atoms with E-state index in [0.717, 1.165) is 18.4 Å². The van der Waals surface area contributed by atoms with E-state index in [1.807, 2.05) is 0 Å². The molecule has 3 fully saturated rings. The third-order valence-electron chi connectivity index (χ3n) is 9.28. The topological polar surface area (TPSA) is 43.0 Å². The molecule has 34 heavy (non-hydrogen) atoms. The van der Waals surface area contributed by atoms with Gasteiger partial charge >= 0.3 is 0 Å². The van der Waals surface area contributed by atoms with Crippen LogP contribution < -0.4 is 11.1 Å². The van der Waals surface area contributed by atoms with Gasteiger partial charge in [0.1, 0.15) is 0 Å². The molecule has 1 atom stereocenters. The predicted molar refractivity (Wildman–Crippen MR) is 148 cm³/mol. The molecule has 3 aliphatic rings. The zero-order valence-electron chi connectivity index (χ0n) is 21.2. The number of para-hydroxylation sites is 1. The zero-order chi connectivity index (χ0) is 22.5. The molecule has 1 unspecified atom stereocenters. The lowest BCUT2D eigenvalue weighted by Crippen LogP contribution is -2.38. The minimum Gasteiger partial charge on any atom is -0.347 e. The van der Waals surface area contributed by atoms with Crippen LogP contribution in [0.25, 0.3) is 10.9 Å². The van der Waals surface area contributed by atoms with Gasteiger partial charge in [-0.2, -0.15) is 0 Å². The number of rotatable bonds is 8. The van der Waals surface area contributed by atoms with Crippen molar-refractivity contribution in [1.82, 2.24) is 9.88 Å². The lowest BCUT2D eigenvalue weighted by atomic mass is 9.75. The van der Waals surface area contributed by atoms with Gasteiger partial charge in [0.15, 0.2) is 0 Å². The van der Waals surface area contributed by atoms with E-state index in [4.69, 9.17) is 5.73 Å². The van der Waals surface area contributed by atoms with E-state index in [1.165, 1.54) is 114 Å². The molecule has 0 spiro atoms. The fraction of sp³-hybridized carbons (Fsp3) is 0.733. The number of nitrogens with zero attached hydrogens (tertiary/aromatic N) is 1. The van der Waals surface area contributed by atoms with Crippen LogP contribution in [0.5, 0.6) is 0 Å². The van der Waals surface area contributed by atoms with E-state index in [2.05, 4.69) is 40.3 Å². The highest BCUT2D eigenvalue weighted by atomic mass is 35.5. The Labute approximate surface area is 214 Å². The van der Waals surface area contributed by atoms with Crippen LogP contribution in [0.1, 0.15) is 108 Å². The minimum absolute atomic E-state index is 0. The fourth-order valence-electron chi connectivity index (χ4n) is 7.32. The highest BCUT2D eigenvalue weighted by Gasteiger charge is 2.28. The van der Waals surface area contributed by atoms with Crippen molar-refractivity contribution in [2.24, 2.45) is 17.6 Å². The first kappa shape index (κ1) is 26.0.